The smallest absolute Gasteiger partial charge is 0.208 e. The van der Waals surface area contributed by atoms with Crippen LogP contribution >= 0.6 is 27.3 Å². The number of thiophene rings is 1. The van der Waals surface area contributed by atoms with Gasteiger partial charge in [0.2, 0.25) is 9.84 Å². The minimum atomic E-state index is -3.73. The summed E-state index contributed by atoms with van der Waals surface area (Å²) in [6.07, 6.45) is 0. The Morgan fingerprint density at radius 2 is 1.76 bits per heavy atom. The fraction of sp³-hybridized carbons (Fsp3) is 0.0556. The predicted molar refractivity (Wildman–Crippen MR) is 105 cm³/mol. The van der Waals surface area contributed by atoms with Crippen molar-refractivity contribution in [3.8, 4) is 11.1 Å². The van der Waals surface area contributed by atoms with Gasteiger partial charge in [0.05, 0.1) is 18.5 Å². The SMILES string of the molecule is Cc1c(-c2ccccc2)cccc1S(=O)(=O)c1cc(C(=N)N)sc1Br. The van der Waals surface area contributed by atoms with E-state index in [4.69, 9.17) is 11.1 Å². The first kappa shape index (κ1) is 17.8. The van der Waals surface area contributed by atoms with Gasteiger partial charge in [0.1, 0.15) is 5.84 Å². The molecule has 4 nitrogen and oxygen atoms in total. The second-order valence-electron chi connectivity index (χ2n) is 5.46. The highest BCUT2D eigenvalue weighted by molar-refractivity contribution is 9.11. The first-order valence-corrected chi connectivity index (χ1v) is 10.5. The number of sulfone groups is 1. The van der Waals surface area contributed by atoms with E-state index in [0.717, 1.165) is 22.5 Å². The van der Waals surface area contributed by atoms with E-state index in [-0.39, 0.29) is 15.6 Å². The topological polar surface area (TPSA) is 84.0 Å². The molecule has 2 aromatic carbocycles. The van der Waals surface area contributed by atoms with E-state index in [1.165, 1.54) is 6.07 Å². The molecule has 0 radical (unpaired) electrons. The zero-order chi connectivity index (χ0) is 18.2. The lowest BCUT2D eigenvalue weighted by atomic mass is 10.0. The van der Waals surface area contributed by atoms with Gasteiger partial charge >= 0.3 is 0 Å². The molecule has 7 heteroatoms. The number of halogens is 1. The van der Waals surface area contributed by atoms with Crippen LogP contribution in [0.3, 0.4) is 0 Å². The van der Waals surface area contributed by atoms with Crippen LogP contribution in [0, 0.1) is 12.3 Å². The van der Waals surface area contributed by atoms with E-state index < -0.39 is 9.84 Å². The first-order valence-electron chi connectivity index (χ1n) is 7.36. The van der Waals surface area contributed by atoms with E-state index in [1.807, 2.05) is 36.4 Å². The Balaban J connectivity index is 2.18. The fourth-order valence-corrected chi connectivity index (χ4v) is 6.56. The normalized spacial score (nSPS) is 11.4. The Hall–Kier alpha value is -1.96. The van der Waals surface area contributed by atoms with Crippen LogP contribution in [0.15, 0.2) is 68.2 Å². The molecule has 3 aromatic rings. The van der Waals surface area contributed by atoms with Crippen molar-refractivity contribution in [2.45, 2.75) is 16.7 Å². The minimum absolute atomic E-state index is 0.135. The van der Waals surface area contributed by atoms with Crippen LogP contribution in [-0.4, -0.2) is 14.3 Å². The van der Waals surface area contributed by atoms with Crippen LogP contribution in [-0.2, 0) is 9.84 Å². The number of nitrogen functional groups attached to an aromatic ring is 1. The third kappa shape index (κ3) is 3.27. The van der Waals surface area contributed by atoms with Crippen LogP contribution in [0.4, 0.5) is 0 Å². The standard InChI is InChI=1S/C18H15BrN2O2S2/c1-11-13(12-6-3-2-4-7-12)8-5-9-15(11)25(22,23)16-10-14(18(20)21)24-17(16)19/h2-10H,1H3,(H3,20,21). The molecule has 0 fully saturated rings. The molecule has 0 aliphatic rings. The summed E-state index contributed by atoms with van der Waals surface area (Å²) in [6, 6.07) is 16.4. The van der Waals surface area contributed by atoms with Gasteiger partial charge in [-0.1, -0.05) is 42.5 Å². The molecular formula is C18H15BrN2O2S2. The molecular weight excluding hydrogens is 420 g/mol. The Labute approximate surface area is 158 Å². The molecule has 0 atom stereocenters. The lowest BCUT2D eigenvalue weighted by Crippen LogP contribution is -2.09. The van der Waals surface area contributed by atoms with Gasteiger partial charge in [-0.3, -0.25) is 5.41 Å². The van der Waals surface area contributed by atoms with Crippen molar-refractivity contribution < 1.29 is 8.42 Å². The summed E-state index contributed by atoms with van der Waals surface area (Å²) >= 11 is 4.43. The lowest BCUT2D eigenvalue weighted by molar-refractivity contribution is 0.595. The minimum Gasteiger partial charge on any atom is -0.383 e. The quantitative estimate of drug-likeness (QED) is 0.464. The summed E-state index contributed by atoms with van der Waals surface area (Å²) in [7, 11) is -3.73. The molecule has 25 heavy (non-hydrogen) atoms. The first-order chi connectivity index (χ1) is 11.8. The lowest BCUT2D eigenvalue weighted by Gasteiger charge is -2.12. The van der Waals surface area contributed by atoms with E-state index >= 15 is 0 Å². The van der Waals surface area contributed by atoms with Crippen LogP contribution in [0.1, 0.15) is 10.4 Å². The van der Waals surface area contributed by atoms with Crippen LogP contribution in [0.25, 0.3) is 11.1 Å². The maximum Gasteiger partial charge on any atom is 0.208 e. The van der Waals surface area contributed by atoms with Gasteiger partial charge in [-0.15, -0.1) is 11.3 Å². The molecule has 3 N–H and O–H groups in total. The molecule has 3 rings (SSSR count). The van der Waals surface area contributed by atoms with E-state index in [2.05, 4.69) is 15.9 Å². The molecule has 1 aromatic heterocycles. The largest absolute Gasteiger partial charge is 0.383 e. The number of hydrogen-bond acceptors (Lipinski definition) is 4. The Kier molecular flexibility index (Phi) is 4.81. The van der Waals surface area contributed by atoms with Crippen molar-refractivity contribution >= 4 is 42.9 Å². The summed E-state index contributed by atoms with van der Waals surface area (Å²) in [4.78, 5) is 0.806. The number of hydrogen-bond donors (Lipinski definition) is 2. The van der Waals surface area contributed by atoms with Crippen molar-refractivity contribution in [2.24, 2.45) is 5.73 Å². The van der Waals surface area contributed by atoms with Crippen LogP contribution < -0.4 is 5.73 Å². The van der Waals surface area contributed by atoms with Gasteiger partial charge in [-0.2, -0.15) is 0 Å². The average molecular weight is 435 g/mol. The highest BCUT2D eigenvalue weighted by Crippen LogP contribution is 2.37. The third-order valence-corrected chi connectivity index (χ3v) is 8.05. The number of amidine groups is 1. The van der Waals surface area contributed by atoms with Crippen molar-refractivity contribution in [1.82, 2.24) is 0 Å². The van der Waals surface area contributed by atoms with E-state index in [0.29, 0.717) is 14.2 Å². The Morgan fingerprint density at radius 3 is 2.36 bits per heavy atom. The summed E-state index contributed by atoms with van der Waals surface area (Å²) in [6.45, 7) is 1.81. The molecule has 128 valence electrons. The van der Waals surface area contributed by atoms with Gasteiger partial charge in [0, 0.05) is 0 Å². The third-order valence-electron chi connectivity index (χ3n) is 3.87. The zero-order valence-electron chi connectivity index (χ0n) is 13.3. The summed E-state index contributed by atoms with van der Waals surface area (Å²) in [5, 5.41) is 7.52. The Morgan fingerprint density at radius 1 is 1.08 bits per heavy atom. The summed E-state index contributed by atoms with van der Waals surface area (Å²) in [5.74, 6) is -0.151. The maximum atomic E-state index is 13.2. The molecule has 1 heterocycles. The van der Waals surface area contributed by atoms with Gasteiger partial charge in [0.15, 0.2) is 0 Å². The molecule has 0 amide bonds. The monoisotopic (exact) mass is 434 g/mol. The number of nitrogens with one attached hydrogen (secondary N) is 1. The summed E-state index contributed by atoms with van der Waals surface area (Å²) < 4.78 is 26.8. The van der Waals surface area contributed by atoms with Crippen LogP contribution in [0.5, 0.6) is 0 Å². The van der Waals surface area contributed by atoms with E-state index in [9.17, 15) is 8.42 Å². The van der Waals surface area contributed by atoms with Crippen molar-refractivity contribution in [3.05, 3.63) is 68.8 Å². The Bertz CT molecular complexity index is 1060. The predicted octanol–water partition coefficient (Wildman–Crippen LogP) is 4.60. The molecule has 0 saturated carbocycles. The average Bonchev–Trinajstić information content (AvgIpc) is 2.99. The van der Waals surface area contributed by atoms with Gasteiger partial charge in [-0.05, 0) is 51.7 Å². The van der Waals surface area contributed by atoms with Gasteiger partial charge < -0.3 is 5.73 Å². The van der Waals surface area contributed by atoms with Crippen molar-refractivity contribution in [1.29, 1.82) is 5.41 Å². The zero-order valence-corrected chi connectivity index (χ0v) is 16.5. The molecule has 0 saturated heterocycles. The number of benzene rings is 2. The second-order valence-corrected chi connectivity index (χ2v) is 9.72. The molecule has 0 aliphatic heterocycles. The van der Waals surface area contributed by atoms with Gasteiger partial charge in [0.25, 0.3) is 0 Å². The van der Waals surface area contributed by atoms with Crippen LogP contribution in [0.2, 0.25) is 0 Å². The van der Waals surface area contributed by atoms with Crippen molar-refractivity contribution in [3.63, 3.8) is 0 Å². The number of nitrogens with two attached hydrogens (primary N) is 1. The molecule has 0 aliphatic carbocycles. The molecule has 0 spiro atoms. The highest BCUT2D eigenvalue weighted by atomic mass is 79.9. The highest BCUT2D eigenvalue weighted by Gasteiger charge is 2.26. The molecule has 0 unspecified atom stereocenters. The fourth-order valence-electron chi connectivity index (χ4n) is 2.62. The van der Waals surface area contributed by atoms with E-state index in [1.54, 1.807) is 19.1 Å². The second kappa shape index (κ2) is 6.74. The number of rotatable bonds is 4. The molecule has 0 bridgehead atoms. The van der Waals surface area contributed by atoms with Gasteiger partial charge in [-0.25, -0.2) is 8.42 Å². The van der Waals surface area contributed by atoms with Crippen molar-refractivity contribution in [2.75, 3.05) is 0 Å². The maximum absolute atomic E-state index is 13.2. The summed E-state index contributed by atoms with van der Waals surface area (Å²) in [5.41, 5.74) is 8.02.